The molecule has 0 spiro atoms. The highest BCUT2D eigenvalue weighted by molar-refractivity contribution is 5.96. The number of methoxy groups -OCH3 is 1. The van der Waals surface area contributed by atoms with Crippen LogP contribution in [0.4, 0.5) is 24.5 Å². The van der Waals surface area contributed by atoms with Crippen molar-refractivity contribution in [3.05, 3.63) is 95.8 Å². The zero-order chi connectivity index (χ0) is 33.9. The fourth-order valence-electron chi connectivity index (χ4n) is 4.83. The van der Waals surface area contributed by atoms with E-state index in [9.17, 15) is 18.0 Å². The second kappa shape index (κ2) is 16.8. The lowest BCUT2D eigenvalue weighted by Crippen LogP contribution is -2.43. The van der Waals surface area contributed by atoms with Gasteiger partial charge in [-0.15, -0.1) is 0 Å². The molecule has 0 atom stereocenters. The van der Waals surface area contributed by atoms with Crippen molar-refractivity contribution in [3.8, 4) is 0 Å². The molecule has 5 N–H and O–H groups in total. The van der Waals surface area contributed by atoms with Gasteiger partial charge in [-0.05, 0) is 56.8 Å². The number of rotatable bonds is 14. The maximum Gasteiger partial charge on any atom is 0.392 e. The number of anilines is 2. The minimum atomic E-state index is -4.44. The molecule has 1 aromatic heterocycles. The van der Waals surface area contributed by atoms with E-state index in [0.717, 1.165) is 37.0 Å². The highest BCUT2D eigenvalue weighted by Crippen LogP contribution is 2.24. The van der Waals surface area contributed by atoms with Crippen LogP contribution >= 0.6 is 0 Å². The van der Waals surface area contributed by atoms with E-state index in [1.54, 1.807) is 43.8 Å². The number of hydrogen-bond acceptors (Lipinski definition) is 9. The Morgan fingerprint density at radius 3 is 2.52 bits per heavy atom. The van der Waals surface area contributed by atoms with Crippen molar-refractivity contribution < 1.29 is 22.7 Å². The first-order valence-electron chi connectivity index (χ1n) is 15.0. The number of aryl methyl sites for hydroxylation is 1. The number of alkyl halides is 3. The summed E-state index contributed by atoms with van der Waals surface area (Å²) in [6, 6.07) is 6.76. The van der Waals surface area contributed by atoms with Crippen molar-refractivity contribution in [2.24, 2.45) is 11.6 Å². The van der Waals surface area contributed by atoms with Crippen LogP contribution in [-0.4, -0.2) is 86.9 Å². The Balaban J connectivity index is 1.85. The number of amides is 1. The number of likely N-dealkylation sites (N-methyl/N-ethyl adjacent to an activating group) is 2. The monoisotopic (exact) mass is 642 g/mol. The number of nitrogens with zero attached hydrogens (tertiary/aromatic N) is 5. The first-order chi connectivity index (χ1) is 21.8. The van der Waals surface area contributed by atoms with Gasteiger partial charge in [0.05, 0.1) is 36.3 Å². The summed E-state index contributed by atoms with van der Waals surface area (Å²) in [7, 11) is 3.65. The minimum absolute atomic E-state index is 0.0195. The van der Waals surface area contributed by atoms with Crippen molar-refractivity contribution in [1.29, 1.82) is 0 Å². The van der Waals surface area contributed by atoms with Gasteiger partial charge in [-0.1, -0.05) is 18.7 Å². The number of piperazine rings is 1. The summed E-state index contributed by atoms with van der Waals surface area (Å²) in [4.78, 5) is 24.0. The molecule has 0 bridgehead atoms. The van der Waals surface area contributed by atoms with Crippen molar-refractivity contribution in [1.82, 2.24) is 20.1 Å². The van der Waals surface area contributed by atoms with E-state index < -0.39 is 18.5 Å². The zero-order valence-corrected chi connectivity index (χ0v) is 27.0. The molecule has 1 aliphatic heterocycles. The summed E-state index contributed by atoms with van der Waals surface area (Å²) in [5.74, 6) is 5.81. The Morgan fingerprint density at radius 2 is 1.89 bits per heavy atom. The van der Waals surface area contributed by atoms with E-state index in [-0.39, 0.29) is 11.3 Å². The highest BCUT2D eigenvalue weighted by Gasteiger charge is 2.26. The largest absolute Gasteiger partial charge is 0.397 e. The van der Waals surface area contributed by atoms with Gasteiger partial charge in [0.25, 0.3) is 5.91 Å². The van der Waals surface area contributed by atoms with E-state index in [1.807, 2.05) is 31.9 Å². The molecular formula is C33H45F3N8O2. The van der Waals surface area contributed by atoms with E-state index in [2.05, 4.69) is 26.7 Å². The summed E-state index contributed by atoms with van der Waals surface area (Å²) < 4.78 is 44.7. The number of hydrogen-bond donors (Lipinski definition) is 3. The topological polar surface area (TPSA) is 116 Å². The number of ether oxygens (including phenoxy) is 1. The molecule has 0 aliphatic carbocycles. The van der Waals surface area contributed by atoms with Gasteiger partial charge >= 0.3 is 6.18 Å². The molecular weight excluding hydrogens is 597 g/mol. The van der Waals surface area contributed by atoms with Crippen LogP contribution in [0.3, 0.4) is 0 Å². The van der Waals surface area contributed by atoms with Gasteiger partial charge in [0.15, 0.2) is 0 Å². The standard InChI is InChI=1S/C33H45F3N8O2/c1-6-28(43-14-12-41(4)13-15-43)20-27(10-11-33(34,35)36)40-32(45)25-9-8-24(3)31(19-25)44(38)23-30(37)26-18-29(22-39-21-26)42(7-2)16-17-46-5/h6,8-10,18-23H,1,7,11-17,37-38H2,2-5H3,(H,40,45)/b27-10+,28-20+,30-23-. The Bertz CT molecular complexity index is 1430. The van der Waals surface area contributed by atoms with Crippen LogP contribution in [0.5, 0.6) is 0 Å². The third-order valence-corrected chi connectivity index (χ3v) is 7.59. The number of benzene rings is 1. The second-order valence-corrected chi connectivity index (χ2v) is 11.0. The number of aromatic nitrogens is 1. The van der Waals surface area contributed by atoms with Gasteiger partial charge in [0.1, 0.15) is 0 Å². The lowest BCUT2D eigenvalue weighted by atomic mass is 10.1. The van der Waals surface area contributed by atoms with E-state index in [1.165, 1.54) is 17.3 Å². The van der Waals surface area contributed by atoms with Crippen molar-refractivity contribution >= 4 is 23.0 Å². The van der Waals surface area contributed by atoms with Crippen LogP contribution in [0.25, 0.3) is 5.70 Å². The van der Waals surface area contributed by atoms with Crippen LogP contribution in [0.2, 0.25) is 0 Å². The number of allylic oxidation sites excluding steroid dienone is 3. The molecule has 250 valence electrons. The van der Waals surface area contributed by atoms with E-state index >= 15 is 0 Å². The molecule has 46 heavy (non-hydrogen) atoms. The number of nitrogens with two attached hydrogens (primary N) is 2. The SMILES string of the molecule is C=C/C(=C\C(=C/CC(F)(F)F)NC(=O)c1ccc(C)c(N(N)/C=C(\N)c2cncc(N(CC)CCOC)c2)c1)N1CCN(C)CC1. The number of halogens is 3. The Morgan fingerprint density at radius 1 is 1.17 bits per heavy atom. The summed E-state index contributed by atoms with van der Waals surface area (Å²) in [5, 5.41) is 3.95. The molecule has 10 nitrogen and oxygen atoms in total. The maximum absolute atomic E-state index is 13.4. The smallest absolute Gasteiger partial charge is 0.392 e. The molecule has 0 radical (unpaired) electrons. The number of hydrazine groups is 1. The quantitative estimate of drug-likeness (QED) is 0.157. The first kappa shape index (κ1) is 36.1. The van der Waals surface area contributed by atoms with E-state index in [4.69, 9.17) is 16.3 Å². The molecule has 0 saturated carbocycles. The second-order valence-electron chi connectivity index (χ2n) is 11.0. The Labute approximate surface area is 269 Å². The highest BCUT2D eigenvalue weighted by atomic mass is 19.4. The summed E-state index contributed by atoms with van der Waals surface area (Å²) in [5.41, 5.74) is 10.4. The number of pyridine rings is 1. The molecule has 1 aromatic carbocycles. The molecule has 2 heterocycles. The van der Waals surface area contributed by atoms with Crippen LogP contribution in [0, 0.1) is 6.92 Å². The fraction of sp³-hybridized carbons (Fsp3) is 0.394. The third-order valence-electron chi connectivity index (χ3n) is 7.59. The number of carbonyl (C=O) groups excluding carboxylic acids is 1. The molecule has 3 rings (SSSR count). The predicted octanol–water partition coefficient (Wildman–Crippen LogP) is 4.38. The minimum Gasteiger partial charge on any atom is -0.397 e. The van der Waals surface area contributed by atoms with Crippen molar-refractivity contribution in [3.63, 3.8) is 0 Å². The lowest BCUT2D eigenvalue weighted by Gasteiger charge is -2.34. The molecule has 0 unspecified atom stereocenters. The number of carbonyl (C=O) groups is 1. The maximum atomic E-state index is 13.4. The summed E-state index contributed by atoms with van der Waals surface area (Å²) in [6.45, 7) is 12.7. The third kappa shape index (κ3) is 10.6. The molecule has 2 aromatic rings. The van der Waals surface area contributed by atoms with Gasteiger partial charge in [-0.2, -0.15) is 13.2 Å². The summed E-state index contributed by atoms with van der Waals surface area (Å²) >= 11 is 0. The Kier molecular flexibility index (Phi) is 13.2. The summed E-state index contributed by atoms with van der Waals surface area (Å²) in [6.07, 6.45) is 3.32. The van der Waals surface area contributed by atoms with Gasteiger partial charge in [0, 0.05) is 81.3 Å². The number of nitrogens with one attached hydrogen (secondary N) is 1. The lowest BCUT2D eigenvalue weighted by molar-refractivity contribution is -0.125. The van der Waals surface area contributed by atoms with Crippen LogP contribution in [-0.2, 0) is 4.74 Å². The average molecular weight is 643 g/mol. The van der Waals surface area contributed by atoms with Gasteiger partial charge in [-0.25, -0.2) is 5.84 Å². The van der Waals surface area contributed by atoms with Gasteiger partial charge in [0.2, 0.25) is 0 Å². The van der Waals surface area contributed by atoms with Crippen LogP contribution in [0.15, 0.2) is 79.1 Å². The van der Waals surface area contributed by atoms with Gasteiger partial charge in [-0.3, -0.25) is 14.8 Å². The normalized spacial score (nSPS) is 15.1. The Hall–Kier alpha value is -4.33. The van der Waals surface area contributed by atoms with Crippen LogP contribution < -0.4 is 26.8 Å². The average Bonchev–Trinajstić information content (AvgIpc) is 3.03. The molecule has 1 aliphatic rings. The van der Waals surface area contributed by atoms with Crippen LogP contribution in [0.1, 0.15) is 34.8 Å². The van der Waals surface area contributed by atoms with Crippen molar-refractivity contribution in [2.75, 3.05) is 69.9 Å². The van der Waals surface area contributed by atoms with Crippen molar-refractivity contribution in [2.45, 2.75) is 26.4 Å². The molecule has 1 fully saturated rings. The predicted molar refractivity (Wildman–Crippen MR) is 178 cm³/mol. The van der Waals surface area contributed by atoms with E-state index in [0.29, 0.717) is 48.9 Å². The first-order valence-corrected chi connectivity index (χ1v) is 15.0. The fourth-order valence-corrected chi connectivity index (χ4v) is 4.83. The molecule has 1 saturated heterocycles. The van der Waals surface area contributed by atoms with Gasteiger partial charge < -0.3 is 30.5 Å². The zero-order valence-electron chi connectivity index (χ0n) is 27.0. The molecule has 1 amide bonds. The molecule has 13 heteroatoms.